The third kappa shape index (κ3) is 5.01. The maximum Gasteiger partial charge on any atom is 0.461 e. The van der Waals surface area contributed by atoms with Crippen molar-refractivity contribution in [3.05, 3.63) is 83.7 Å². The number of halogens is 5. The minimum atomic E-state index is -4.60. The molecule has 1 aliphatic heterocycles. The molecule has 3 nitrogen and oxygen atoms in total. The Bertz CT molecular complexity index is 1150. The number of alkyl halides is 4. The Morgan fingerprint density at radius 1 is 1.06 bits per heavy atom. The lowest BCUT2D eigenvalue weighted by Gasteiger charge is -2.41. The first-order valence-corrected chi connectivity index (χ1v) is 10.9. The van der Waals surface area contributed by atoms with Crippen LogP contribution in [0.15, 0.2) is 66.7 Å². The second-order valence-corrected chi connectivity index (χ2v) is 8.41. The largest absolute Gasteiger partial charge is 0.461 e. The molecular formula is C26H24F5NO2. The average molecular weight is 477 g/mol. The molecule has 4 rings (SSSR count). The number of β-amino-alcohol motifs (C(OH)–C–C–N with tert-alkyl or cyclic N) is 1. The fourth-order valence-electron chi connectivity index (χ4n) is 4.48. The first-order chi connectivity index (χ1) is 16.2. The molecule has 8 heteroatoms. The summed E-state index contributed by atoms with van der Waals surface area (Å²) < 4.78 is 70.2. The highest BCUT2D eigenvalue weighted by atomic mass is 19.3. The summed E-state index contributed by atoms with van der Waals surface area (Å²) in [5.74, 6) is -0.707. The van der Waals surface area contributed by atoms with Gasteiger partial charge in [0, 0.05) is 12.2 Å². The van der Waals surface area contributed by atoms with Gasteiger partial charge in [0.05, 0.1) is 12.1 Å². The molecule has 0 aliphatic carbocycles. The van der Waals surface area contributed by atoms with E-state index in [2.05, 4.69) is 4.74 Å². The van der Waals surface area contributed by atoms with E-state index in [4.69, 9.17) is 0 Å². The van der Waals surface area contributed by atoms with Crippen LogP contribution in [-0.2, 0) is 6.42 Å². The number of aliphatic hydroxyl groups excluding tert-OH is 1. The standard InChI is InChI=1S/C26H24F5NO2/c1-16(33)15-32-23(18-6-3-8-20(14-18)34-26(30,31)25(28)29)12-11-22-21(9-4-10-24(22)32)17-5-2-7-19(27)13-17/h2-10,13-14,16,23,25,33H,11-12,15H2,1H3/t16-,23-/m1/s1. The van der Waals surface area contributed by atoms with E-state index in [1.165, 1.54) is 30.3 Å². The van der Waals surface area contributed by atoms with Crippen molar-refractivity contribution in [1.82, 2.24) is 0 Å². The van der Waals surface area contributed by atoms with Gasteiger partial charge >= 0.3 is 12.5 Å². The third-order valence-electron chi connectivity index (χ3n) is 5.85. The van der Waals surface area contributed by atoms with Gasteiger partial charge in [0.2, 0.25) is 0 Å². The maximum atomic E-state index is 13.9. The molecule has 0 radical (unpaired) electrons. The van der Waals surface area contributed by atoms with Crippen LogP contribution in [0.25, 0.3) is 11.1 Å². The van der Waals surface area contributed by atoms with Crippen LogP contribution in [0.4, 0.5) is 27.6 Å². The Balaban J connectivity index is 1.72. The van der Waals surface area contributed by atoms with Crippen LogP contribution in [0.3, 0.4) is 0 Å². The summed E-state index contributed by atoms with van der Waals surface area (Å²) in [5.41, 5.74) is 4.03. The van der Waals surface area contributed by atoms with E-state index in [1.54, 1.807) is 19.1 Å². The Kier molecular flexibility index (Phi) is 6.79. The molecule has 0 saturated heterocycles. The predicted octanol–water partition coefficient (Wildman–Crippen LogP) is 6.60. The summed E-state index contributed by atoms with van der Waals surface area (Å²) >= 11 is 0. The maximum absolute atomic E-state index is 13.9. The Morgan fingerprint density at radius 3 is 2.50 bits per heavy atom. The van der Waals surface area contributed by atoms with Crippen molar-refractivity contribution in [2.75, 3.05) is 11.4 Å². The van der Waals surface area contributed by atoms with Crippen LogP contribution in [0.1, 0.15) is 30.5 Å². The van der Waals surface area contributed by atoms with Gasteiger partial charge in [0.25, 0.3) is 0 Å². The van der Waals surface area contributed by atoms with Gasteiger partial charge in [-0.15, -0.1) is 0 Å². The van der Waals surface area contributed by atoms with E-state index in [0.717, 1.165) is 22.4 Å². The SMILES string of the molecule is C[C@@H](O)CN1c2cccc(-c3cccc(F)c3)c2CC[C@@H]1c1cccc(OC(F)(F)C(F)F)c1. The Morgan fingerprint density at radius 2 is 1.79 bits per heavy atom. The van der Waals surface area contributed by atoms with Crippen LogP contribution >= 0.6 is 0 Å². The van der Waals surface area contributed by atoms with Crippen LogP contribution in [0, 0.1) is 5.82 Å². The molecule has 3 aromatic carbocycles. The highest BCUT2D eigenvalue weighted by Crippen LogP contribution is 2.43. The fourth-order valence-corrected chi connectivity index (χ4v) is 4.48. The molecular weight excluding hydrogens is 453 g/mol. The highest BCUT2D eigenvalue weighted by Gasteiger charge is 2.44. The number of anilines is 1. The van der Waals surface area contributed by atoms with E-state index in [1.807, 2.05) is 29.2 Å². The topological polar surface area (TPSA) is 32.7 Å². The number of fused-ring (bicyclic) bond motifs is 1. The minimum Gasteiger partial charge on any atom is -0.428 e. The van der Waals surface area contributed by atoms with Crippen LogP contribution < -0.4 is 9.64 Å². The van der Waals surface area contributed by atoms with Crippen LogP contribution in [0.2, 0.25) is 0 Å². The molecule has 1 N–H and O–H groups in total. The molecule has 0 aromatic heterocycles. The number of ether oxygens (including phenoxy) is 1. The Hall–Kier alpha value is -3.13. The zero-order valence-electron chi connectivity index (χ0n) is 18.4. The summed E-state index contributed by atoms with van der Waals surface area (Å²) in [6.45, 7) is 1.90. The zero-order valence-corrected chi connectivity index (χ0v) is 18.4. The van der Waals surface area contributed by atoms with Crippen molar-refractivity contribution in [1.29, 1.82) is 0 Å². The van der Waals surface area contributed by atoms with Crippen molar-refractivity contribution in [2.45, 2.75) is 44.4 Å². The van der Waals surface area contributed by atoms with Crippen molar-refractivity contribution < 1.29 is 31.8 Å². The molecule has 0 saturated carbocycles. The lowest BCUT2D eigenvalue weighted by atomic mass is 9.86. The number of hydrogen-bond donors (Lipinski definition) is 1. The monoisotopic (exact) mass is 477 g/mol. The molecule has 3 aromatic rings. The van der Waals surface area contributed by atoms with Crippen molar-refractivity contribution in [3.63, 3.8) is 0 Å². The molecule has 1 aliphatic rings. The van der Waals surface area contributed by atoms with E-state index in [9.17, 15) is 27.1 Å². The quantitative estimate of drug-likeness (QED) is 0.389. The lowest BCUT2D eigenvalue weighted by Crippen LogP contribution is -2.38. The summed E-state index contributed by atoms with van der Waals surface area (Å²) in [6, 6.07) is 17.4. The average Bonchev–Trinajstić information content (AvgIpc) is 2.78. The third-order valence-corrected chi connectivity index (χ3v) is 5.85. The van der Waals surface area contributed by atoms with Gasteiger partial charge in [-0.3, -0.25) is 0 Å². The molecule has 0 fully saturated rings. The molecule has 2 atom stereocenters. The smallest absolute Gasteiger partial charge is 0.428 e. The highest BCUT2D eigenvalue weighted by molar-refractivity contribution is 5.76. The van der Waals surface area contributed by atoms with Crippen LogP contribution in [-0.4, -0.2) is 30.3 Å². The van der Waals surface area contributed by atoms with E-state index in [-0.39, 0.29) is 24.2 Å². The summed E-state index contributed by atoms with van der Waals surface area (Å²) in [7, 11) is 0. The van der Waals surface area contributed by atoms with Crippen LogP contribution in [0.5, 0.6) is 5.75 Å². The van der Waals surface area contributed by atoms with E-state index >= 15 is 0 Å². The van der Waals surface area contributed by atoms with Gasteiger partial charge in [-0.25, -0.2) is 4.39 Å². The van der Waals surface area contributed by atoms with E-state index in [0.29, 0.717) is 18.4 Å². The number of rotatable bonds is 7. The minimum absolute atomic E-state index is 0.253. The zero-order chi connectivity index (χ0) is 24.5. The number of hydrogen-bond acceptors (Lipinski definition) is 3. The first kappa shape index (κ1) is 24.0. The number of aliphatic hydroxyl groups is 1. The number of benzene rings is 3. The lowest BCUT2D eigenvalue weighted by molar-refractivity contribution is -0.253. The van der Waals surface area contributed by atoms with Gasteiger partial charge in [-0.1, -0.05) is 36.4 Å². The fraction of sp³-hybridized carbons (Fsp3) is 0.308. The first-order valence-electron chi connectivity index (χ1n) is 10.9. The number of nitrogens with zero attached hydrogens (tertiary/aromatic N) is 1. The molecule has 0 bridgehead atoms. The van der Waals surface area contributed by atoms with Crippen molar-refractivity contribution in [3.8, 4) is 16.9 Å². The van der Waals surface area contributed by atoms with Gasteiger partial charge in [-0.05, 0) is 72.4 Å². The normalized spacial score (nSPS) is 16.9. The predicted molar refractivity (Wildman–Crippen MR) is 120 cm³/mol. The summed E-state index contributed by atoms with van der Waals surface area (Å²) in [4.78, 5) is 1.97. The van der Waals surface area contributed by atoms with E-state index < -0.39 is 18.6 Å². The molecule has 180 valence electrons. The van der Waals surface area contributed by atoms with Crippen molar-refractivity contribution in [2.24, 2.45) is 0 Å². The Labute approximate surface area is 194 Å². The second kappa shape index (κ2) is 9.62. The van der Waals surface area contributed by atoms with Crippen molar-refractivity contribution >= 4 is 5.69 Å². The summed E-state index contributed by atoms with van der Waals surface area (Å²) in [5, 5.41) is 10.2. The molecule has 0 unspecified atom stereocenters. The molecule has 34 heavy (non-hydrogen) atoms. The van der Waals surface area contributed by atoms with Gasteiger partial charge in [0.15, 0.2) is 0 Å². The van der Waals surface area contributed by atoms with Gasteiger partial charge in [0.1, 0.15) is 11.6 Å². The summed E-state index contributed by atoms with van der Waals surface area (Å²) in [6.07, 6.45) is -8.07. The molecule has 0 spiro atoms. The van der Waals surface area contributed by atoms with Gasteiger partial charge < -0.3 is 14.7 Å². The molecule has 0 amide bonds. The molecule has 1 heterocycles. The second-order valence-electron chi connectivity index (χ2n) is 8.41. The van der Waals surface area contributed by atoms with Gasteiger partial charge in [-0.2, -0.15) is 17.6 Å².